The number of rotatable bonds is 6. The van der Waals surface area contributed by atoms with Gasteiger partial charge in [-0.15, -0.1) is 0 Å². The summed E-state index contributed by atoms with van der Waals surface area (Å²) in [5.74, 6) is 1.59. The van der Waals surface area contributed by atoms with Crippen LogP contribution in [0.4, 0.5) is 0 Å². The molecule has 0 N–H and O–H groups in total. The highest BCUT2D eigenvalue weighted by molar-refractivity contribution is 5.51. The van der Waals surface area contributed by atoms with E-state index in [4.69, 9.17) is 9.47 Å². The highest BCUT2D eigenvalue weighted by Gasteiger charge is 2.18. The standard InChI is InChI=1S/C15H20O3/c1-17-15-11-12(5-4-10-16)8-9-14(15)18-13-6-2-3-7-13/h8-11,13H,2-7H2,1H3. The summed E-state index contributed by atoms with van der Waals surface area (Å²) in [7, 11) is 1.65. The Morgan fingerprint density at radius 1 is 1.28 bits per heavy atom. The maximum atomic E-state index is 10.4. The molecule has 1 aliphatic rings. The van der Waals surface area contributed by atoms with Gasteiger partial charge in [0.2, 0.25) is 0 Å². The monoisotopic (exact) mass is 248 g/mol. The molecule has 0 heterocycles. The van der Waals surface area contributed by atoms with Crippen LogP contribution in [0.15, 0.2) is 18.2 Å². The summed E-state index contributed by atoms with van der Waals surface area (Å²) < 4.78 is 11.3. The van der Waals surface area contributed by atoms with Gasteiger partial charge in [0.05, 0.1) is 13.2 Å². The minimum atomic E-state index is 0.333. The zero-order chi connectivity index (χ0) is 12.8. The number of carbonyl (C=O) groups is 1. The van der Waals surface area contributed by atoms with Gasteiger partial charge in [-0.1, -0.05) is 6.07 Å². The second kappa shape index (κ2) is 6.43. The van der Waals surface area contributed by atoms with Gasteiger partial charge in [-0.05, 0) is 49.8 Å². The second-order valence-electron chi connectivity index (χ2n) is 4.71. The molecule has 0 spiro atoms. The minimum Gasteiger partial charge on any atom is -0.493 e. The third-order valence-electron chi connectivity index (χ3n) is 3.37. The van der Waals surface area contributed by atoms with E-state index in [0.29, 0.717) is 12.5 Å². The predicted molar refractivity (Wildman–Crippen MR) is 70.3 cm³/mol. The molecular formula is C15H20O3. The SMILES string of the molecule is COc1cc(CCC=O)ccc1OC1CCCC1. The van der Waals surface area contributed by atoms with Crippen LogP contribution < -0.4 is 9.47 Å². The van der Waals surface area contributed by atoms with E-state index in [-0.39, 0.29) is 0 Å². The molecule has 0 aliphatic heterocycles. The van der Waals surface area contributed by atoms with E-state index in [1.165, 1.54) is 12.8 Å². The first-order valence-electron chi connectivity index (χ1n) is 6.60. The van der Waals surface area contributed by atoms with Crippen molar-refractivity contribution in [1.82, 2.24) is 0 Å². The van der Waals surface area contributed by atoms with Crippen molar-refractivity contribution in [2.45, 2.75) is 44.6 Å². The third-order valence-corrected chi connectivity index (χ3v) is 3.37. The topological polar surface area (TPSA) is 35.5 Å². The summed E-state index contributed by atoms with van der Waals surface area (Å²) in [6.45, 7) is 0. The van der Waals surface area contributed by atoms with Crippen molar-refractivity contribution in [3.8, 4) is 11.5 Å². The lowest BCUT2D eigenvalue weighted by molar-refractivity contribution is -0.107. The van der Waals surface area contributed by atoms with Crippen LogP contribution in [0.5, 0.6) is 11.5 Å². The number of benzene rings is 1. The normalized spacial score (nSPS) is 15.6. The van der Waals surface area contributed by atoms with Gasteiger partial charge >= 0.3 is 0 Å². The molecule has 98 valence electrons. The second-order valence-corrected chi connectivity index (χ2v) is 4.71. The Morgan fingerprint density at radius 2 is 2.06 bits per heavy atom. The molecule has 3 heteroatoms. The summed E-state index contributed by atoms with van der Waals surface area (Å²) >= 11 is 0. The Hall–Kier alpha value is -1.51. The average Bonchev–Trinajstić information content (AvgIpc) is 2.90. The Morgan fingerprint density at radius 3 is 2.72 bits per heavy atom. The van der Waals surface area contributed by atoms with Crippen LogP contribution in [0, 0.1) is 0 Å². The molecule has 3 nitrogen and oxygen atoms in total. The molecule has 0 radical (unpaired) electrons. The summed E-state index contributed by atoms with van der Waals surface area (Å²) in [6, 6.07) is 5.93. The number of carbonyl (C=O) groups excluding carboxylic acids is 1. The first-order valence-corrected chi connectivity index (χ1v) is 6.60. The molecule has 0 unspecified atom stereocenters. The van der Waals surface area contributed by atoms with Crippen molar-refractivity contribution >= 4 is 6.29 Å². The highest BCUT2D eigenvalue weighted by atomic mass is 16.5. The molecule has 0 amide bonds. The number of aldehydes is 1. The van der Waals surface area contributed by atoms with E-state index in [0.717, 1.165) is 42.6 Å². The number of ether oxygens (including phenoxy) is 2. The third kappa shape index (κ3) is 3.25. The van der Waals surface area contributed by atoms with Crippen LogP contribution in [0.25, 0.3) is 0 Å². The maximum Gasteiger partial charge on any atom is 0.161 e. The van der Waals surface area contributed by atoms with Gasteiger partial charge in [0.1, 0.15) is 6.29 Å². The van der Waals surface area contributed by atoms with Crippen LogP contribution in [-0.2, 0) is 11.2 Å². The van der Waals surface area contributed by atoms with E-state index >= 15 is 0 Å². The van der Waals surface area contributed by atoms with Crippen LogP contribution in [0.3, 0.4) is 0 Å². The van der Waals surface area contributed by atoms with Gasteiger partial charge in [0.25, 0.3) is 0 Å². The number of hydrogen-bond acceptors (Lipinski definition) is 3. The fourth-order valence-corrected chi connectivity index (χ4v) is 2.38. The van der Waals surface area contributed by atoms with Crippen LogP contribution in [0.1, 0.15) is 37.7 Å². The lowest BCUT2D eigenvalue weighted by Crippen LogP contribution is -2.11. The molecule has 0 bridgehead atoms. The fraction of sp³-hybridized carbons (Fsp3) is 0.533. The summed E-state index contributed by atoms with van der Waals surface area (Å²) in [4.78, 5) is 10.4. The predicted octanol–water partition coefficient (Wildman–Crippen LogP) is 3.15. The molecule has 18 heavy (non-hydrogen) atoms. The molecule has 1 aromatic carbocycles. The van der Waals surface area contributed by atoms with Gasteiger partial charge in [0.15, 0.2) is 11.5 Å². The first-order chi connectivity index (χ1) is 8.83. The van der Waals surface area contributed by atoms with Crippen molar-refractivity contribution in [3.05, 3.63) is 23.8 Å². The quantitative estimate of drug-likeness (QED) is 0.725. The molecule has 0 saturated heterocycles. The van der Waals surface area contributed by atoms with Crippen LogP contribution in [0.2, 0.25) is 0 Å². The fourth-order valence-electron chi connectivity index (χ4n) is 2.38. The summed E-state index contributed by atoms with van der Waals surface area (Å²) in [5, 5.41) is 0. The van der Waals surface area contributed by atoms with Crippen molar-refractivity contribution in [3.63, 3.8) is 0 Å². The van der Waals surface area contributed by atoms with Crippen LogP contribution in [-0.4, -0.2) is 19.5 Å². The van der Waals surface area contributed by atoms with Gasteiger partial charge in [0, 0.05) is 6.42 Å². The van der Waals surface area contributed by atoms with Gasteiger partial charge < -0.3 is 14.3 Å². The molecular weight excluding hydrogens is 228 g/mol. The minimum absolute atomic E-state index is 0.333. The largest absolute Gasteiger partial charge is 0.493 e. The van der Waals surface area contributed by atoms with Crippen molar-refractivity contribution in [2.24, 2.45) is 0 Å². The van der Waals surface area contributed by atoms with Crippen molar-refractivity contribution in [1.29, 1.82) is 0 Å². The van der Waals surface area contributed by atoms with Gasteiger partial charge in [-0.3, -0.25) is 0 Å². The molecule has 1 aromatic rings. The van der Waals surface area contributed by atoms with Gasteiger partial charge in [-0.2, -0.15) is 0 Å². The number of hydrogen-bond donors (Lipinski definition) is 0. The number of methoxy groups -OCH3 is 1. The Bertz CT molecular complexity index is 395. The first kappa shape index (κ1) is 12.9. The lowest BCUT2D eigenvalue weighted by atomic mass is 10.1. The van der Waals surface area contributed by atoms with Gasteiger partial charge in [-0.25, -0.2) is 0 Å². The molecule has 1 saturated carbocycles. The molecule has 1 fully saturated rings. The average molecular weight is 248 g/mol. The maximum absolute atomic E-state index is 10.4. The van der Waals surface area contributed by atoms with E-state index < -0.39 is 0 Å². The molecule has 0 aromatic heterocycles. The number of aryl methyl sites for hydroxylation is 1. The molecule has 0 atom stereocenters. The molecule has 2 rings (SSSR count). The lowest BCUT2D eigenvalue weighted by Gasteiger charge is -2.16. The van der Waals surface area contributed by atoms with Crippen LogP contribution >= 0.6 is 0 Å². The van der Waals surface area contributed by atoms with Crippen molar-refractivity contribution in [2.75, 3.05) is 7.11 Å². The smallest absolute Gasteiger partial charge is 0.161 e. The van der Waals surface area contributed by atoms with Crippen molar-refractivity contribution < 1.29 is 14.3 Å². The van der Waals surface area contributed by atoms with E-state index in [9.17, 15) is 4.79 Å². The zero-order valence-electron chi connectivity index (χ0n) is 10.9. The zero-order valence-corrected chi connectivity index (χ0v) is 10.9. The van der Waals surface area contributed by atoms with E-state index in [1.54, 1.807) is 7.11 Å². The summed E-state index contributed by atoms with van der Waals surface area (Å²) in [6.07, 6.45) is 7.35. The van der Waals surface area contributed by atoms with E-state index in [1.807, 2.05) is 18.2 Å². The summed E-state index contributed by atoms with van der Waals surface area (Å²) in [5.41, 5.74) is 1.11. The Kier molecular flexibility index (Phi) is 4.62. The highest BCUT2D eigenvalue weighted by Crippen LogP contribution is 2.32. The molecule has 1 aliphatic carbocycles. The Balaban J connectivity index is 2.06. The Labute approximate surface area is 108 Å². The van der Waals surface area contributed by atoms with E-state index in [2.05, 4.69) is 0 Å².